The van der Waals surface area contributed by atoms with Gasteiger partial charge in [-0.2, -0.15) is 0 Å². The van der Waals surface area contributed by atoms with Crippen LogP contribution >= 0.6 is 0 Å². The van der Waals surface area contributed by atoms with Crippen LogP contribution in [-0.2, 0) is 4.74 Å². The molecule has 0 rings (SSSR count). The van der Waals surface area contributed by atoms with Crippen molar-refractivity contribution in [2.24, 2.45) is 5.73 Å². The molecule has 0 aliphatic rings. The molecule has 1 atom stereocenters. The summed E-state index contributed by atoms with van der Waals surface area (Å²) in [6, 6.07) is -0.614. The largest absolute Gasteiger partial charge is 0.362 e. The number of primary amides is 1. The van der Waals surface area contributed by atoms with Gasteiger partial charge in [-0.25, -0.2) is 10.2 Å². The minimum Gasteiger partial charge on any atom is -0.362 e. The second-order valence-electron chi connectivity index (χ2n) is 2.15. The highest BCUT2D eigenvalue weighted by Gasteiger charge is 1.99. The highest BCUT2D eigenvalue weighted by Crippen LogP contribution is 1.85. The normalized spacial score (nSPS) is 12.5. The van der Waals surface area contributed by atoms with Gasteiger partial charge in [0.2, 0.25) is 0 Å². The van der Waals surface area contributed by atoms with Gasteiger partial charge in [-0.3, -0.25) is 5.43 Å². The van der Waals surface area contributed by atoms with Crippen LogP contribution in [0.2, 0.25) is 0 Å². The molecule has 66 valence electrons. The monoisotopic (exact) mass is 161 g/mol. The molecule has 0 spiro atoms. The Morgan fingerprint density at radius 3 is 2.82 bits per heavy atom. The molecule has 4 N–H and O–H groups in total. The Morgan fingerprint density at radius 2 is 2.36 bits per heavy atom. The van der Waals surface area contributed by atoms with Crippen molar-refractivity contribution in [2.45, 2.75) is 26.5 Å². The van der Waals surface area contributed by atoms with Gasteiger partial charge in [-0.1, -0.05) is 6.92 Å². The van der Waals surface area contributed by atoms with Crippen LogP contribution in [0.1, 0.15) is 20.3 Å². The molecule has 0 aromatic rings. The third-order valence-corrected chi connectivity index (χ3v) is 0.971. The van der Waals surface area contributed by atoms with Crippen LogP contribution in [0, 0.1) is 0 Å². The number of ether oxygens (including phenoxy) is 1. The number of hydrazine groups is 1. The van der Waals surface area contributed by atoms with E-state index in [1.165, 1.54) is 0 Å². The standard InChI is InChI=1S/C6H15N3O2/c1-3-4-11-5(2)8-9-6(7)10/h5,8H,3-4H2,1-2H3,(H3,7,9,10). The second kappa shape index (κ2) is 5.94. The molecule has 0 aliphatic heterocycles. The van der Waals surface area contributed by atoms with E-state index in [4.69, 9.17) is 10.5 Å². The van der Waals surface area contributed by atoms with Crippen LogP contribution in [-0.4, -0.2) is 18.9 Å². The molecule has 5 heteroatoms. The number of amides is 2. The summed E-state index contributed by atoms with van der Waals surface area (Å²) in [5, 5.41) is 0. The van der Waals surface area contributed by atoms with Crippen molar-refractivity contribution in [1.29, 1.82) is 0 Å². The van der Waals surface area contributed by atoms with Crippen molar-refractivity contribution in [3.63, 3.8) is 0 Å². The number of nitrogens with two attached hydrogens (primary N) is 1. The van der Waals surface area contributed by atoms with Crippen molar-refractivity contribution in [1.82, 2.24) is 10.9 Å². The van der Waals surface area contributed by atoms with Crippen molar-refractivity contribution in [3.8, 4) is 0 Å². The summed E-state index contributed by atoms with van der Waals surface area (Å²) < 4.78 is 5.16. The first-order chi connectivity index (χ1) is 5.16. The Hall–Kier alpha value is -0.810. The lowest BCUT2D eigenvalue weighted by Gasteiger charge is -2.13. The van der Waals surface area contributed by atoms with Gasteiger partial charge in [-0.05, 0) is 13.3 Å². The van der Waals surface area contributed by atoms with E-state index in [0.717, 1.165) is 6.42 Å². The number of hydrogen-bond acceptors (Lipinski definition) is 3. The first kappa shape index (κ1) is 10.2. The smallest absolute Gasteiger partial charge is 0.326 e. The first-order valence-corrected chi connectivity index (χ1v) is 3.59. The molecular formula is C6H15N3O2. The quantitative estimate of drug-likeness (QED) is 0.390. The van der Waals surface area contributed by atoms with Crippen molar-refractivity contribution in [2.75, 3.05) is 6.61 Å². The predicted octanol–water partition coefficient (Wildman–Crippen LogP) is -0.0681. The Labute approximate surface area is 66.2 Å². The fourth-order valence-corrected chi connectivity index (χ4v) is 0.509. The topological polar surface area (TPSA) is 76.4 Å². The predicted molar refractivity (Wildman–Crippen MR) is 41.6 cm³/mol. The lowest BCUT2D eigenvalue weighted by atomic mass is 10.5. The van der Waals surface area contributed by atoms with E-state index in [1.54, 1.807) is 6.92 Å². The molecule has 0 bridgehead atoms. The van der Waals surface area contributed by atoms with Gasteiger partial charge in [0, 0.05) is 6.61 Å². The maximum absolute atomic E-state index is 10.2. The summed E-state index contributed by atoms with van der Waals surface area (Å²) in [7, 11) is 0. The van der Waals surface area contributed by atoms with Crippen LogP contribution in [0.15, 0.2) is 0 Å². The third kappa shape index (κ3) is 7.08. The fraction of sp³-hybridized carbons (Fsp3) is 0.833. The lowest BCUT2D eigenvalue weighted by molar-refractivity contribution is 0.0359. The van der Waals surface area contributed by atoms with Gasteiger partial charge in [-0.15, -0.1) is 0 Å². The van der Waals surface area contributed by atoms with Crippen molar-refractivity contribution in [3.05, 3.63) is 0 Å². The van der Waals surface area contributed by atoms with Crippen LogP contribution in [0.3, 0.4) is 0 Å². The highest BCUT2D eigenvalue weighted by atomic mass is 16.5. The maximum atomic E-state index is 10.2. The van der Waals surface area contributed by atoms with Crippen molar-refractivity contribution >= 4 is 6.03 Å². The Kier molecular flexibility index (Phi) is 5.50. The molecule has 11 heavy (non-hydrogen) atoms. The van der Waals surface area contributed by atoms with Gasteiger partial charge in [0.15, 0.2) is 0 Å². The average molecular weight is 161 g/mol. The summed E-state index contributed by atoms with van der Waals surface area (Å²) in [5.41, 5.74) is 9.59. The zero-order valence-electron chi connectivity index (χ0n) is 6.89. The summed E-state index contributed by atoms with van der Waals surface area (Å²) in [5.74, 6) is 0. The number of carbonyl (C=O) groups excluding carboxylic acids is 1. The van der Waals surface area contributed by atoms with E-state index < -0.39 is 6.03 Å². The minimum atomic E-state index is -0.614. The molecule has 0 fully saturated rings. The Balaban J connectivity index is 3.22. The fourth-order valence-electron chi connectivity index (χ4n) is 0.509. The van der Waals surface area contributed by atoms with Gasteiger partial charge < -0.3 is 10.5 Å². The molecule has 5 nitrogen and oxygen atoms in total. The minimum absolute atomic E-state index is 0.206. The average Bonchev–Trinajstić information content (AvgIpc) is 1.97. The molecular weight excluding hydrogens is 146 g/mol. The van der Waals surface area contributed by atoms with Gasteiger partial charge >= 0.3 is 6.03 Å². The summed E-state index contributed by atoms with van der Waals surface area (Å²) >= 11 is 0. The number of urea groups is 1. The van der Waals surface area contributed by atoms with Crippen LogP contribution in [0.25, 0.3) is 0 Å². The molecule has 1 unspecified atom stereocenters. The van der Waals surface area contributed by atoms with Crippen LogP contribution in [0.5, 0.6) is 0 Å². The van der Waals surface area contributed by atoms with Crippen LogP contribution < -0.4 is 16.6 Å². The Bertz CT molecular complexity index is 118. The molecule has 0 radical (unpaired) electrons. The zero-order chi connectivity index (χ0) is 8.69. The molecule has 0 heterocycles. The number of carbonyl (C=O) groups is 1. The van der Waals surface area contributed by atoms with E-state index in [0.29, 0.717) is 6.61 Å². The molecule has 0 saturated heterocycles. The molecule has 2 amide bonds. The molecule has 0 saturated carbocycles. The second-order valence-corrected chi connectivity index (χ2v) is 2.15. The molecule has 0 aliphatic carbocycles. The first-order valence-electron chi connectivity index (χ1n) is 3.59. The summed E-state index contributed by atoms with van der Waals surface area (Å²) in [6.07, 6.45) is 0.741. The van der Waals surface area contributed by atoms with Gasteiger partial charge in [0.25, 0.3) is 0 Å². The summed E-state index contributed by atoms with van der Waals surface area (Å²) in [6.45, 7) is 4.45. The van der Waals surface area contributed by atoms with E-state index in [-0.39, 0.29) is 6.23 Å². The molecule has 0 aromatic carbocycles. The van der Waals surface area contributed by atoms with E-state index in [1.807, 2.05) is 6.92 Å². The van der Waals surface area contributed by atoms with Gasteiger partial charge in [0.1, 0.15) is 6.23 Å². The number of hydrogen-bond donors (Lipinski definition) is 3. The SMILES string of the molecule is CCCOC(C)NNC(N)=O. The third-order valence-electron chi connectivity index (χ3n) is 0.971. The summed E-state index contributed by atoms with van der Waals surface area (Å²) in [4.78, 5) is 10.2. The maximum Gasteiger partial charge on any atom is 0.326 e. The van der Waals surface area contributed by atoms with Gasteiger partial charge in [0.05, 0.1) is 0 Å². The van der Waals surface area contributed by atoms with Crippen LogP contribution in [0.4, 0.5) is 4.79 Å². The highest BCUT2D eigenvalue weighted by molar-refractivity contribution is 5.70. The number of nitrogens with one attached hydrogen (secondary N) is 2. The number of rotatable bonds is 5. The van der Waals surface area contributed by atoms with E-state index >= 15 is 0 Å². The lowest BCUT2D eigenvalue weighted by Crippen LogP contribution is -2.46. The Morgan fingerprint density at radius 1 is 1.73 bits per heavy atom. The molecule has 0 aromatic heterocycles. The van der Waals surface area contributed by atoms with E-state index in [9.17, 15) is 4.79 Å². The van der Waals surface area contributed by atoms with E-state index in [2.05, 4.69) is 10.9 Å². The zero-order valence-corrected chi connectivity index (χ0v) is 6.89. The van der Waals surface area contributed by atoms with Crippen molar-refractivity contribution < 1.29 is 9.53 Å².